The van der Waals surface area contributed by atoms with Crippen molar-refractivity contribution in [2.45, 2.75) is 44.1 Å². The Bertz CT molecular complexity index is 520. The largest absolute Gasteiger partial charge is 0.338 e. The fraction of sp³-hybridized carbons (Fsp3) is 0.529. The smallest absolute Gasteiger partial charge is 0.244 e. The number of carbonyl (C=O) groups excluding carboxylic acids is 1. The maximum Gasteiger partial charge on any atom is 0.244 e. The zero-order valence-corrected chi connectivity index (χ0v) is 11.7. The van der Waals surface area contributed by atoms with Gasteiger partial charge in [-0.1, -0.05) is 43.2 Å². The average Bonchev–Trinajstić information content (AvgIpc) is 2.93. The maximum atomic E-state index is 12.7. The molecule has 0 radical (unpaired) electrons. The van der Waals surface area contributed by atoms with Gasteiger partial charge in [0.05, 0.1) is 6.07 Å². The van der Waals surface area contributed by atoms with Crippen LogP contribution in [0.1, 0.15) is 43.6 Å². The number of hydrogen-bond donors (Lipinski definition) is 0. The summed E-state index contributed by atoms with van der Waals surface area (Å²) in [6.45, 7) is 0.833. The molecule has 1 saturated carbocycles. The third-order valence-corrected chi connectivity index (χ3v) is 4.80. The van der Waals surface area contributed by atoms with E-state index in [0.29, 0.717) is 12.0 Å². The van der Waals surface area contributed by atoms with Crippen molar-refractivity contribution >= 4 is 5.91 Å². The fourth-order valence-electron chi connectivity index (χ4n) is 3.76. The van der Waals surface area contributed by atoms with Gasteiger partial charge in [-0.05, 0) is 30.7 Å². The molecule has 3 nitrogen and oxygen atoms in total. The van der Waals surface area contributed by atoms with Crippen LogP contribution >= 0.6 is 0 Å². The Hall–Kier alpha value is -1.82. The number of likely N-dealkylation sites (tertiary alicyclic amines) is 1. The summed E-state index contributed by atoms with van der Waals surface area (Å²) in [7, 11) is 0. The zero-order valence-electron chi connectivity index (χ0n) is 11.7. The normalized spacial score (nSPS) is 26.6. The SMILES string of the molecule is N#CC(C(=O)N1CCC2CCCCC21)c1ccccc1. The van der Waals surface area contributed by atoms with E-state index in [4.69, 9.17) is 0 Å². The van der Waals surface area contributed by atoms with Crippen molar-refractivity contribution in [2.24, 2.45) is 5.92 Å². The number of carbonyl (C=O) groups is 1. The Morgan fingerprint density at radius 2 is 1.95 bits per heavy atom. The van der Waals surface area contributed by atoms with Gasteiger partial charge in [0.1, 0.15) is 5.92 Å². The minimum atomic E-state index is -0.642. The van der Waals surface area contributed by atoms with Crippen LogP contribution in [0, 0.1) is 17.2 Å². The van der Waals surface area contributed by atoms with Crippen LogP contribution in [0.4, 0.5) is 0 Å². The van der Waals surface area contributed by atoms with Crippen LogP contribution < -0.4 is 0 Å². The third kappa shape index (κ3) is 2.31. The van der Waals surface area contributed by atoms with Gasteiger partial charge in [0.2, 0.25) is 5.91 Å². The lowest BCUT2D eigenvalue weighted by molar-refractivity contribution is -0.133. The molecular formula is C17H20N2O. The first-order valence-electron chi connectivity index (χ1n) is 7.56. The Kier molecular flexibility index (Phi) is 3.73. The molecule has 2 fully saturated rings. The molecule has 1 saturated heterocycles. The summed E-state index contributed by atoms with van der Waals surface area (Å²) in [5.74, 6) is 0.0350. The Labute approximate surface area is 120 Å². The first kappa shape index (κ1) is 13.2. The Morgan fingerprint density at radius 1 is 1.20 bits per heavy atom. The molecule has 0 aromatic heterocycles. The summed E-state index contributed by atoms with van der Waals surface area (Å²) in [6.07, 6.45) is 5.99. The van der Waals surface area contributed by atoms with Crippen molar-refractivity contribution in [1.29, 1.82) is 5.26 Å². The van der Waals surface area contributed by atoms with Crippen molar-refractivity contribution in [3.63, 3.8) is 0 Å². The summed E-state index contributed by atoms with van der Waals surface area (Å²) in [6, 6.07) is 12.0. The molecule has 104 valence electrons. The zero-order chi connectivity index (χ0) is 13.9. The first-order chi connectivity index (χ1) is 9.81. The molecule has 20 heavy (non-hydrogen) atoms. The Morgan fingerprint density at radius 3 is 2.70 bits per heavy atom. The number of hydrogen-bond acceptors (Lipinski definition) is 2. The lowest BCUT2D eigenvalue weighted by atomic mass is 9.85. The van der Waals surface area contributed by atoms with Crippen LogP contribution in [0.5, 0.6) is 0 Å². The van der Waals surface area contributed by atoms with Crippen molar-refractivity contribution in [2.75, 3.05) is 6.54 Å². The summed E-state index contributed by atoms with van der Waals surface area (Å²) < 4.78 is 0. The Balaban J connectivity index is 1.79. The van der Waals surface area contributed by atoms with E-state index in [1.54, 1.807) is 0 Å². The molecule has 1 aliphatic carbocycles. The standard InChI is InChI=1S/C17H20N2O/c18-12-15(13-6-2-1-3-7-13)17(20)19-11-10-14-8-4-5-9-16(14)19/h1-3,6-7,14-16H,4-5,8-11H2. The van der Waals surface area contributed by atoms with E-state index in [-0.39, 0.29) is 5.91 Å². The van der Waals surface area contributed by atoms with E-state index in [9.17, 15) is 10.1 Å². The third-order valence-electron chi connectivity index (χ3n) is 4.80. The van der Waals surface area contributed by atoms with Crippen LogP contribution in [0.3, 0.4) is 0 Å². The second-order valence-corrected chi connectivity index (χ2v) is 5.90. The summed E-state index contributed by atoms with van der Waals surface area (Å²) in [5, 5.41) is 9.41. The molecule has 3 atom stereocenters. The van der Waals surface area contributed by atoms with E-state index < -0.39 is 5.92 Å². The molecule has 1 aromatic rings. The van der Waals surface area contributed by atoms with Crippen molar-refractivity contribution in [1.82, 2.24) is 4.90 Å². The van der Waals surface area contributed by atoms with Gasteiger partial charge in [-0.3, -0.25) is 4.79 Å². The van der Waals surface area contributed by atoms with Crippen LogP contribution in [0.15, 0.2) is 30.3 Å². The minimum absolute atomic E-state index is 0.00750. The van der Waals surface area contributed by atoms with E-state index in [1.165, 1.54) is 19.3 Å². The maximum absolute atomic E-state index is 12.7. The molecule has 1 aliphatic heterocycles. The van der Waals surface area contributed by atoms with Gasteiger partial charge < -0.3 is 4.90 Å². The van der Waals surface area contributed by atoms with E-state index in [1.807, 2.05) is 35.2 Å². The van der Waals surface area contributed by atoms with E-state index in [0.717, 1.165) is 24.9 Å². The van der Waals surface area contributed by atoms with Crippen LogP contribution in [-0.2, 0) is 4.79 Å². The molecule has 1 amide bonds. The molecule has 0 N–H and O–H groups in total. The second kappa shape index (κ2) is 5.66. The summed E-state index contributed by atoms with van der Waals surface area (Å²) in [4.78, 5) is 14.7. The topological polar surface area (TPSA) is 44.1 Å². The van der Waals surface area contributed by atoms with Crippen molar-refractivity contribution in [3.05, 3.63) is 35.9 Å². The molecule has 1 aromatic carbocycles. The highest BCUT2D eigenvalue weighted by molar-refractivity contribution is 5.87. The molecule has 3 unspecified atom stereocenters. The van der Waals surface area contributed by atoms with Gasteiger partial charge in [-0.2, -0.15) is 5.26 Å². The van der Waals surface area contributed by atoms with Crippen LogP contribution in [0.25, 0.3) is 0 Å². The molecule has 1 heterocycles. The molecule has 0 spiro atoms. The quantitative estimate of drug-likeness (QED) is 0.827. The highest BCUT2D eigenvalue weighted by Gasteiger charge is 2.40. The highest BCUT2D eigenvalue weighted by atomic mass is 16.2. The second-order valence-electron chi connectivity index (χ2n) is 5.90. The molecule has 3 heteroatoms. The van der Waals surface area contributed by atoms with Gasteiger partial charge in [-0.25, -0.2) is 0 Å². The predicted octanol–water partition coefficient (Wildman–Crippen LogP) is 3.08. The monoisotopic (exact) mass is 268 g/mol. The van der Waals surface area contributed by atoms with Crippen molar-refractivity contribution in [3.8, 4) is 6.07 Å². The van der Waals surface area contributed by atoms with Gasteiger partial charge in [0.25, 0.3) is 0 Å². The number of nitrogens with zero attached hydrogens (tertiary/aromatic N) is 2. The summed E-state index contributed by atoms with van der Waals surface area (Å²) in [5.41, 5.74) is 0.819. The van der Waals surface area contributed by atoms with Gasteiger partial charge >= 0.3 is 0 Å². The lowest BCUT2D eigenvalue weighted by Crippen LogP contribution is -2.41. The fourth-order valence-corrected chi connectivity index (χ4v) is 3.76. The average molecular weight is 268 g/mol. The van der Waals surface area contributed by atoms with Crippen LogP contribution in [-0.4, -0.2) is 23.4 Å². The number of benzene rings is 1. The lowest BCUT2D eigenvalue weighted by Gasteiger charge is -2.32. The highest BCUT2D eigenvalue weighted by Crippen LogP contribution is 2.37. The number of rotatable bonds is 2. The molecule has 0 bridgehead atoms. The van der Waals surface area contributed by atoms with Gasteiger partial charge in [0, 0.05) is 12.6 Å². The number of fused-ring (bicyclic) bond motifs is 1. The van der Waals surface area contributed by atoms with Crippen LogP contribution in [0.2, 0.25) is 0 Å². The first-order valence-corrected chi connectivity index (χ1v) is 7.56. The molecule has 3 rings (SSSR count). The minimum Gasteiger partial charge on any atom is -0.338 e. The predicted molar refractivity (Wildman–Crippen MR) is 76.9 cm³/mol. The number of nitriles is 1. The van der Waals surface area contributed by atoms with Gasteiger partial charge in [0.15, 0.2) is 0 Å². The summed E-state index contributed by atoms with van der Waals surface area (Å²) >= 11 is 0. The van der Waals surface area contributed by atoms with E-state index in [2.05, 4.69) is 6.07 Å². The molecule has 2 aliphatic rings. The number of amides is 1. The van der Waals surface area contributed by atoms with E-state index >= 15 is 0 Å². The van der Waals surface area contributed by atoms with Crippen molar-refractivity contribution < 1.29 is 4.79 Å². The van der Waals surface area contributed by atoms with Gasteiger partial charge in [-0.15, -0.1) is 0 Å². The molecular weight excluding hydrogens is 248 g/mol.